The Labute approximate surface area is 94.9 Å². The Kier molecular flexibility index (Phi) is 2.78. The Hall–Kier alpha value is -1.62. The Bertz CT molecular complexity index is 482. The standard InChI is InChI=1S/C11H17N5/c1-8-9(7-16(3)14-8)10(12)6-11-13-4-5-15(11)2/h4-5,7,10H,6,12H2,1-3H3. The van der Waals surface area contributed by atoms with E-state index in [0.717, 1.165) is 23.5 Å². The van der Waals surface area contributed by atoms with Crippen molar-refractivity contribution in [3.63, 3.8) is 0 Å². The number of aromatic nitrogens is 4. The van der Waals surface area contributed by atoms with Crippen LogP contribution >= 0.6 is 0 Å². The van der Waals surface area contributed by atoms with Crippen LogP contribution in [0.2, 0.25) is 0 Å². The van der Waals surface area contributed by atoms with Crippen molar-refractivity contribution >= 4 is 0 Å². The van der Waals surface area contributed by atoms with E-state index in [1.54, 1.807) is 10.9 Å². The van der Waals surface area contributed by atoms with Gasteiger partial charge in [-0.15, -0.1) is 0 Å². The first kappa shape index (κ1) is 10.9. The van der Waals surface area contributed by atoms with Crippen molar-refractivity contribution in [2.24, 2.45) is 19.8 Å². The fourth-order valence-corrected chi connectivity index (χ4v) is 1.88. The zero-order valence-corrected chi connectivity index (χ0v) is 9.88. The van der Waals surface area contributed by atoms with E-state index >= 15 is 0 Å². The Morgan fingerprint density at radius 3 is 2.69 bits per heavy atom. The molecule has 16 heavy (non-hydrogen) atoms. The minimum atomic E-state index is -0.0465. The number of nitrogens with two attached hydrogens (primary N) is 1. The van der Waals surface area contributed by atoms with Crippen LogP contribution in [0.15, 0.2) is 18.6 Å². The summed E-state index contributed by atoms with van der Waals surface area (Å²) in [6, 6.07) is -0.0465. The number of hydrogen-bond donors (Lipinski definition) is 1. The van der Waals surface area contributed by atoms with Gasteiger partial charge in [0, 0.05) is 50.7 Å². The maximum atomic E-state index is 6.16. The average Bonchev–Trinajstić information content (AvgIpc) is 2.74. The molecule has 0 spiro atoms. The van der Waals surface area contributed by atoms with Gasteiger partial charge in [-0.05, 0) is 6.92 Å². The third-order valence-corrected chi connectivity index (χ3v) is 2.77. The first-order valence-corrected chi connectivity index (χ1v) is 5.30. The summed E-state index contributed by atoms with van der Waals surface area (Å²) in [5, 5.41) is 4.29. The van der Waals surface area contributed by atoms with Crippen LogP contribution in [0.25, 0.3) is 0 Å². The lowest BCUT2D eigenvalue weighted by molar-refractivity contribution is 0.656. The van der Waals surface area contributed by atoms with E-state index in [9.17, 15) is 0 Å². The first-order valence-electron chi connectivity index (χ1n) is 5.30. The Morgan fingerprint density at radius 1 is 1.44 bits per heavy atom. The monoisotopic (exact) mass is 219 g/mol. The van der Waals surface area contributed by atoms with Gasteiger partial charge in [0.2, 0.25) is 0 Å². The third-order valence-electron chi connectivity index (χ3n) is 2.77. The van der Waals surface area contributed by atoms with Gasteiger partial charge in [-0.2, -0.15) is 5.10 Å². The molecule has 0 saturated carbocycles. The van der Waals surface area contributed by atoms with E-state index < -0.39 is 0 Å². The van der Waals surface area contributed by atoms with Crippen LogP contribution in [0.3, 0.4) is 0 Å². The SMILES string of the molecule is Cc1nn(C)cc1C(N)Cc1nccn1C. The van der Waals surface area contributed by atoms with Gasteiger partial charge in [0.25, 0.3) is 0 Å². The molecule has 2 aromatic heterocycles. The number of aryl methyl sites for hydroxylation is 3. The van der Waals surface area contributed by atoms with Crippen LogP contribution in [0.1, 0.15) is 23.1 Å². The lowest BCUT2D eigenvalue weighted by Gasteiger charge is -2.10. The van der Waals surface area contributed by atoms with Crippen molar-refractivity contribution in [2.75, 3.05) is 0 Å². The van der Waals surface area contributed by atoms with E-state index in [1.807, 2.05) is 38.0 Å². The normalized spacial score (nSPS) is 13.0. The van der Waals surface area contributed by atoms with Gasteiger partial charge in [-0.25, -0.2) is 4.98 Å². The molecule has 0 aliphatic rings. The molecule has 0 aliphatic heterocycles. The summed E-state index contributed by atoms with van der Waals surface area (Å²) in [4.78, 5) is 4.27. The van der Waals surface area contributed by atoms with Gasteiger partial charge in [-0.3, -0.25) is 4.68 Å². The summed E-state index contributed by atoms with van der Waals surface area (Å²) in [6.45, 7) is 1.98. The van der Waals surface area contributed by atoms with Crippen molar-refractivity contribution < 1.29 is 0 Å². The summed E-state index contributed by atoms with van der Waals surface area (Å²) in [6.07, 6.45) is 6.43. The summed E-state index contributed by atoms with van der Waals surface area (Å²) in [5.74, 6) is 0.996. The number of rotatable bonds is 3. The molecule has 5 heteroatoms. The maximum Gasteiger partial charge on any atom is 0.110 e. The molecule has 0 radical (unpaired) electrons. The molecule has 0 aromatic carbocycles. The van der Waals surface area contributed by atoms with Crippen molar-refractivity contribution in [3.8, 4) is 0 Å². The molecule has 2 rings (SSSR count). The molecule has 0 bridgehead atoms. The van der Waals surface area contributed by atoms with Gasteiger partial charge < -0.3 is 10.3 Å². The van der Waals surface area contributed by atoms with Crippen LogP contribution in [0, 0.1) is 6.92 Å². The molecule has 86 valence electrons. The molecular weight excluding hydrogens is 202 g/mol. The van der Waals surface area contributed by atoms with Crippen LogP contribution in [0.4, 0.5) is 0 Å². The molecule has 2 N–H and O–H groups in total. The summed E-state index contributed by atoms with van der Waals surface area (Å²) in [7, 11) is 3.88. The van der Waals surface area contributed by atoms with Gasteiger partial charge >= 0.3 is 0 Å². The second-order valence-corrected chi connectivity index (χ2v) is 4.11. The highest BCUT2D eigenvalue weighted by Crippen LogP contribution is 2.17. The van der Waals surface area contributed by atoms with E-state index in [-0.39, 0.29) is 6.04 Å². The molecule has 0 aliphatic carbocycles. The van der Waals surface area contributed by atoms with Crippen molar-refractivity contribution in [1.29, 1.82) is 0 Å². The predicted molar refractivity (Wildman–Crippen MR) is 61.8 cm³/mol. The van der Waals surface area contributed by atoms with Crippen LogP contribution in [0.5, 0.6) is 0 Å². The lowest BCUT2D eigenvalue weighted by atomic mass is 10.1. The number of imidazole rings is 1. The quantitative estimate of drug-likeness (QED) is 0.826. The zero-order valence-electron chi connectivity index (χ0n) is 9.88. The van der Waals surface area contributed by atoms with Crippen molar-refractivity contribution in [3.05, 3.63) is 35.7 Å². The Morgan fingerprint density at radius 2 is 2.19 bits per heavy atom. The van der Waals surface area contributed by atoms with Gasteiger partial charge in [0.1, 0.15) is 5.82 Å². The van der Waals surface area contributed by atoms with E-state index in [2.05, 4.69) is 10.1 Å². The summed E-state index contributed by atoms with van der Waals surface area (Å²) in [5.41, 5.74) is 8.24. The highest BCUT2D eigenvalue weighted by atomic mass is 15.3. The van der Waals surface area contributed by atoms with Gasteiger partial charge in [0.05, 0.1) is 5.69 Å². The van der Waals surface area contributed by atoms with Gasteiger partial charge in [0.15, 0.2) is 0 Å². The fraction of sp³-hybridized carbons (Fsp3) is 0.455. The van der Waals surface area contributed by atoms with Crippen LogP contribution in [-0.4, -0.2) is 19.3 Å². The molecule has 0 saturated heterocycles. The second kappa shape index (κ2) is 4.09. The minimum Gasteiger partial charge on any atom is -0.338 e. The molecule has 0 fully saturated rings. The largest absolute Gasteiger partial charge is 0.338 e. The number of nitrogens with zero attached hydrogens (tertiary/aromatic N) is 4. The van der Waals surface area contributed by atoms with Gasteiger partial charge in [-0.1, -0.05) is 0 Å². The third kappa shape index (κ3) is 1.99. The summed E-state index contributed by atoms with van der Waals surface area (Å²) < 4.78 is 3.79. The topological polar surface area (TPSA) is 61.7 Å². The molecule has 0 amide bonds. The highest BCUT2D eigenvalue weighted by Gasteiger charge is 2.14. The second-order valence-electron chi connectivity index (χ2n) is 4.11. The molecule has 2 heterocycles. The van der Waals surface area contributed by atoms with Crippen molar-refractivity contribution in [1.82, 2.24) is 19.3 Å². The predicted octanol–water partition coefficient (Wildman–Crippen LogP) is 0.705. The van der Waals surface area contributed by atoms with E-state index in [0.29, 0.717) is 0 Å². The number of hydrogen-bond acceptors (Lipinski definition) is 3. The van der Waals surface area contributed by atoms with Crippen molar-refractivity contribution in [2.45, 2.75) is 19.4 Å². The smallest absolute Gasteiger partial charge is 0.110 e. The highest BCUT2D eigenvalue weighted by molar-refractivity contribution is 5.20. The minimum absolute atomic E-state index is 0.0465. The summed E-state index contributed by atoms with van der Waals surface area (Å²) >= 11 is 0. The molecular formula is C11H17N5. The molecule has 1 atom stereocenters. The lowest BCUT2D eigenvalue weighted by Crippen LogP contribution is -2.16. The van der Waals surface area contributed by atoms with E-state index in [1.165, 1.54) is 0 Å². The van der Waals surface area contributed by atoms with Crippen LogP contribution < -0.4 is 5.73 Å². The van der Waals surface area contributed by atoms with Crippen LogP contribution in [-0.2, 0) is 20.5 Å². The first-order chi connectivity index (χ1) is 7.58. The molecule has 2 aromatic rings. The van der Waals surface area contributed by atoms with E-state index in [4.69, 9.17) is 5.73 Å². The molecule has 1 unspecified atom stereocenters. The maximum absolute atomic E-state index is 6.16. The molecule has 5 nitrogen and oxygen atoms in total. The zero-order chi connectivity index (χ0) is 11.7. The Balaban J connectivity index is 2.17. The average molecular weight is 219 g/mol. The fourth-order valence-electron chi connectivity index (χ4n) is 1.88.